The van der Waals surface area contributed by atoms with Crippen LogP contribution in [-0.4, -0.2) is 104 Å². The lowest BCUT2D eigenvalue weighted by Crippen LogP contribution is -2.54. The summed E-state index contributed by atoms with van der Waals surface area (Å²) >= 11 is 0. The molecule has 0 spiro atoms. The molecule has 14 nitrogen and oxygen atoms in total. The molecule has 6 amide bonds. The Hall–Kier alpha value is -4.04. The van der Waals surface area contributed by atoms with Crippen LogP contribution >= 0.6 is 0 Å². The number of rotatable bonds is 11. The summed E-state index contributed by atoms with van der Waals surface area (Å²) in [6, 6.07) is 3.57. The van der Waals surface area contributed by atoms with Gasteiger partial charge < -0.3 is 25.8 Å². The Morgan fingerprint density at radius 1 is 1.11 bits per heavy atom. The Morgan fingerprint density at radius 3 is 2.68 bits per heavy atom. The lowest BCUT2D eigenvalue weighted by Gasteiger charge is -2.27. The molecule has 2 fully saturated rings. The van der Waals surface area contributed by atoms with Crippen molar-refractivity contribution >= 4 is 41.3 Å². The van der Waals surface area contributed by atoms with Gasteiger partial charge in [0.25, 0.3) is 11.8 Å². The number of primary amides is 1. The van der Waals surface area contributed by atoms with E-state index < -0.39 is 35.8 Å². The number of imide groups is 2. The molecular weight excluding hydrogens is 500 g/mol. The summed E-state index contributed by atoms with van der Waals surface area (Å²) in [7, 11) is 0. The van der Waals surface area contributed by atoms with E-state index in [1.807, 2.05) is 0 Å². The first-order valence-corrected chi connectivity index (χ1v) is 12.4. The number of benzene rings is 1. The molecule has 0 aliphatic carbocycles. The molecule has 1 unspecified atom stereocenters. The summed E-state index contributed by atoms with van der Waals surface area (Å²) < 4.78 is 10.5. The van der Waals surface area contributed by atoms with Crippen molar-refractivity contribution in [3.63, 3.8) is 0 Å². The lowest BCUT2D eigenvalue weighted by molar-refractivity contribution is -0.136. The van der Waals surface area contributed by atoms with E-state index in [-0.39, 0.29) is 49.1 Å². The maximum Gasteiger partial charge on any atom is 0.404 e. The highest BCUT2D eigenvalue weighted by Gasteiger charge is 2.45. The van der Waals surface area contributed by atoms with Crippen molar-refractivity contribution in [1.29, 1.82) is 0 Å². The molecule has 2 atom stereocenters. The molecule has 0 saturated carbocycles. The van der Waals surface area contributed by atoms with Gasteiger partial charge in [0.1, 0.15) is 12.1 Å². The predicted molar refractivity (Wildman–Crippen MR) is 131 cm³/mol. The van der Waals surface area contributed by atoms with Gasteiger partial charge in [-0.05, 0) is 25.0 Å². The predicted octanol–water partition coefficient (Wildman–Crippen LogP) is -1.20. The van der Waals surface area contributed by atoms with E-state index >= 15 is 0 Å². The average Bonchev–Trinajstić information content (AvgIpc) is 3.41. The highest BCUT2D eigenvalue weighted by atomic mass is 16.6. The quantitative estimate of drug-likeness (QED) is 0.200. The minimum atomic E-state index is -1.06. The number of piperidine rings is 1. The molecule has 4 rings (SSSR count). The number of hydrogen-bond donors (Lipinski definition) is 4. The van der Waals surface area contributed by atoms with E-state index in [0.717, 1.165) is 17.9 Å². The maximum atomic E-state index is 13.1. The Morgan fingerprint density at radius 2 is 1.92 bits per heavy atom. The number of nitrogens with one attached hydrogen (secondary N) is 3. The molecule has 3 aliphatic rings. The second-order valence-electron chi connectivity index (χ2n) is 9.14. The van der Waals surface area contributed by atoms with Gasteiger partial charge in [-0.2, -0.15) is 0 Å². The highest BCUT2D eigenvalue weighted by Crippen LogP contribution is 2.32. The molecule has 38 heavy (non-hydrogen) atoms. The van der Waals surface area contributed by atoms with Gasteiger partial charge >= 0.3 is 6.09 Å². The summed E-state index contributed by atoms with van der Waals surface area (Å²) in [5.74, 6) is -2.74. The van der Waals surface area contributed by atoms with Crippen molar-refractivity contribution in [3.8, 4) is 0 Å². The van der Waals surface area contributed by atoms with E-state index in [9.17, 15) is 28.8 Å². The largest absolute Gasteiger partial charge is 0.445 e. The fraction of sp³-hybridized carbons (Fsp3) is 0.500. The molecule has 204 valence electrons. The summed E-state index contributed by atoms with van der Waals surface area (Å²) in [6.45, 7) is 2.94. The second-order valence-corrected chi connectivity index (χ2v) is 9.14. The smallest absolute Gasteiger partial charge is 0.404 e. The number of amides is 6. The molecule has 0 radical (unpaired) electrons. The van der Waals surface area contributed by atoms with E-state index in [4.69, 9.17) is 15.2 Å². The number of carbonyl (C=O) groups excluding carboxylic acids is 6. The fourth-order valence-corrected chi connectivity index (χ4v) is 4.72. The molecule has 0 bridgehead atoms. The van der Waals surface area contributed by atoms with Crippen LogP contribution in [0.1, 0.15) is 40.0 Å². The first kappa shape index (κ1) is 27.0. The van der Waals surface area contributed by atoms with E-state index in [1.165, 1.54) is 6.07 Å². The zero-order chi connectivity index (χ0) is 27.2. The Bertz CT molecular complexity index is 1140. The van der Waals surface area contributed by atoms with E-state index in [2.05, 4.69) is 20.9 Å². The van der Waals surface area contributed by atoms with Gasteiger partial charge in [-0.1, -0.05) is 6.07 Å². The highest BCUT2D eigenvalue weighted by molar-refractivity contribution is 6.25. The summed E-state index contributed by atoms with van der Waals surface area (Å²) in [5.41, 5.74) is 5.55. The van der Waals surface area contributed by atoms with Gasteiger partial charge in [0.2, 0.25) is 17.7 Å². The van der Waals surface area contributed by atoms with E-state index in [0.29, 0.717) is 32.0 Å². The lowest BCUT2D eigenvalue weighted by atomic mass is 10.0. The topological polar surface area (TPSA) is 189 Å². The number of likely N-dealkylation sites (tertiary alicyclic amines) is 1. The van der Waals surface area contributed by atoms with Crippen LogP contribution in [0.4, 0.5) is 10.5 Å². The minimum Gasteiger partial charge on any atom is -0.445 e. The molecule has 5 N–H and O–H groups in total. The van der Waals surface area contributed by atoms with Crippen LogP contribution in [0.5, 0.6) is 0 Å². The molecule has 0 aromatic heterocycles. The van der Waals surface area contributed by atoms with Crippen molar-refractivity contribution in [2.45, 2.75) is 31.4 Å². The summed E-state index contributed by atoms with van der Waals surface area (Å²) in [6.07, 6.45) is -0.149. The van der Waals surface area contributed by atoms with Gasteiger partial charge in [-0.15, -0.1) is 0 Å². The van der Waals surface area contributed by atoms with Crippen LogP contribution in [0.15, 0.2) is 18.2 Å². The number of carbonyl (C=O) groups is 6. The Kier molecular flexibility index (Phi) is 8.53. The van der Waals surface area contributed by atoms with Crippen LogP contribution in [0, 0.1) is 0 Å². The molecule has 14 heteroatoms. The third-order valence-corrected chi connectivity index (χ3v) is 6.54. The van der Waals surface area contributed by atoms with Crippen molar-refractivity contribution in [2.75, 3.05) is 51.3 Å². The molecular formula is C24H30N6O8. The second kappa shape index (κ2) is 12.0. The maximum absolute atomic E-state index is 13.1. The number of nitrogens with zero attached hydrogens (tertiary/aromatic N) is 2. The number of ether oxygens (including phenoxy) is 2. The van der Waals surface area contributed by atoms with Crippen molar-refractivity contribution < 1.29 is 38.2 Å². The van der Waals surface area contributed by atoms with Crippen LogP contribution < -0.4 is 21.7 Å². The molecule has 3 heterocycles. The molecule has 1 aromatic rings. The fourth-order valence-electron chi connectivity index (χ4n) is 4.72. The summed E-state index contributed by atoms with van der Waals surface area (Å²) in [5, 5.41) is 7.75. The number of fused-ring (bicyclic) bond motifs is 1. The molecule has 2 saturated heterocycles. The van der Waals surface area contributed by atoms with Gasteiger partial charge in [0.15, 0.2) is 0 Å². The normalized spacial score (nSPS) is 21.3. The van der Waals surface area contributed by atoms with Crippen LogP contribution in [0.3, 0.4) is 0 Å². The van der Waals surface area contributed by atoms with Crippen molar-refractivity contribution in [1.82, 2.24) is 20.4 Å². The van der Waals surface area contributed by atoms with E-state index in [1.54, 1.807) is 12.1 Å². The van der Waals surface area contributed by atoms with Gasteiger partial charge in [0.05, 0.1) is 30.9 Å². The number of nitrogens with two attached hydrogens (primary N) is 1. The molecule has 3 aliphatic heterocycles. The SMILES string of the molecule is NC(=O)O[C@H]1CCN(CCOCCNC(=O)CNc2cccc3c2C(=O)N(C2CCC(=O)NC2=O)C3=O)C1. The van der Waals surface area contributed by atoms with Crippen molar-refractivity contribution in [3.05, 3.63) is 29.3 Å². The van der Waals surface area contributed by atoms with Gasteiger partial charge in [-0.3, -0.25) is 39.1 Å². The zero-order valence-corrected chi connectivity index (χ0v) is 20.7. The average molecular weight is 531 g/mol. The Labute approximate surface area is 218 Å². The minimum absolute atomic E-state index is 0.0312. The Balaban J connectivity index is 1.19. The van der Waals surface area contributed by atoms with Crippen LogP contribution in [0.2, 0.25) is 0 Å². The van der Waals surface area contributed by atoms with Crippen LogP contribution in [0.25, 0.3) is 0 Å². The number of anilines is 1. The summed E-state index contributed by atoms with van der Waals surface area (Å²) in [4.78, 5) is 75.7. The van der Waals surface area contributed by atoms with Crippen LogP contribution in [-0.2, 0) is 23.9 Å². The first-order valence-electron chi connectivity index (χ1n) is 12.4. The molecule has 1 aromatic carbocycles. The van der Waals surface area contributed by atoms with Gasteiger partial charge in [0, 0.05) is 38.3 Å². The number of hydrogen-bond acceptors (Lipinski definition) is 10. The monoisotopic (exact) mass is 530 g/mol. The first-order chi connectivity index (χ1) is 18.2. The van der Waals surface area contributed by atoms with Crippen molar-refractivity contribution in [2.24, 2.45) is 5.73 Å². The third-order valence-electron chi connectivity index (χ3n) is 6.54. The van der Waals surface area contributed by atoms with Gasteiger partial charge in [-0.25, -0.2) is 4.79 Å². The third kappa shape index (κ3) is 6.26. The standard InChI is InChI=1S/C24H30N6O8/c25-24(36)38-14-6-8-29(13-14)9-11-37-10-7-26-19(32)12-27-16-3-1-2-15-20(16)23(35)30(22(15)34)17-4-5-18(31)28-21(17)33/h1-3,14,17,27H,4-13H2,(H2,25,36)(H,26,32)(H,28,31,33)/t14-,17?/m0/s1. The zero-order valence-electron chi connectivity index (χ0n) is 20.7.